The smallest absolute Gasteiger partial charge is 0.261 e. The van der Waals surface area contributed by atoms with Gasteiger partial charge in [-0.3, -0.25) is 4.79 Å². The van der Waals surface area contributed by atoms with Crippen LogP contribution in [0.4, 0.5) is 0 Å². The molecule has 140 valence electrons. The predicted octanol–water partition coefficient (Wildman–Crippen LogP) is 4.62. The van der Waals surface area contributed by atoms with Crippen LogP contribution in [0, 0.1) is 20.8 Å². The first-order valence-electron chi connectivity index (χ1n) is 8.82. The summed E-state index contributed by atoms with van der Waals surface area (Å²) < 4.78 is 11.5. The van der Waals surface area contributed by atoms with Crippen molar-refractivity contribution in [2.45, 2.75) is 40.2 Å². The number of halogens is 1. The highest BCUT2D eigenvalue weighted by Gasteiger charge is 2.19. The molecular weight excluding hydrogens is 350 g/mol. The summed E-state index contributed by atoms with van der Waals surface area (Å²) >= 11 is 6.07. The van der Waals surface area contributed by atoms with Gasteiger partial charge in [-0.2, -0.15) is 0 Å². The Morgan fingerprint density at radius 3 is 2.62 bits per heavy atom. The Balaban J connectivity index is 1.83. The zero-order valence-corrected chi connectivity index (χ0v) is 16.5. The van der Waals surface area contributed by atoms with Crippen LogP contribution in [-0.4, -0.2) is 25.2 Å². The molecule has 0 saturated heterocycles. The van der Waals surface area contributed by atoms with Crippen molar-refractivity contribution in [2.24, 2.45) is 0 Å². The molecule has 26 heavy (non-hydrogen) atoms. The number of benzene rings is 2. The maximum absolute atomic E-state index is 12.4. The molecule has 0 aliphatic heterocycles. The Morgan fingerprint density at radius 1 is 1.15 bits per heavy atom. The third-order valence-electron chi connectivity index (χ3n) is 4.30. The molecule has 1 N–H and O–H groups in total. The molecule has 1 amide bonds. The van der Waals surface area contributed by atoms with Crippen LogP contribution in [-0.2, 0) is 4.79 Å². The first-order chi connectivity index (χ1) is 12.4. The van der Waals surface area contributed by atoms with Gasteiger partial charge in [0.15, 0.2) is 6.10 Å². The van der Waals surface area contributed by atoms with Crippen molar-refractivity contribution < 1.29 is 14.3 Å². The van der Waals surface area contributed by atoms with Crippen LogP contribution in [0.25, 0.3) is 0 Å². The topological polar surface area (TPSA) is 47.6 Å². The van der Waals surface area contributed by atoms with E-state index in [9.17, 15) is 4.79 Å². The van der Waals surface area contributed by atoms with E-state index in [-0.39, 0.29) is 5.91 Å². The maximum atomic E-state index is 12.4. The van der Waals surface area contributed by atoms with E-state index < -0.39 is 6.10 Å². The fraction of sp³-hybridized carbons (Fsp3) is 0.381. The maximum Gasteiger partial charge on any atom is 0.261 e. The van der Waals surface area contributed by atoms with Gasteiger partial charge in [0.25, 0.3) is 5.91 Å². The number of carbonyl (C=O) groups excluding carboxylic acids is 1. The lowest BCUT2D eigenvalue weighted by atomic mass is 10.1. The highest BCUT2D eigenvalue weighted by Crippen LogP contribution is 2.23. The second-order valence-electron chi connectivity index (χ2n) is 6.26. The highest BCUT2D eigenvalue weighted by atomic mass is 35.5. The van der Waals surface area contributed by atoms with Crippen molar-refractivity contribution in [3.05, 3.63) is 58.1 Å². The molecule has 0 heterocycles. The predicted molar refractivity (Wildman–Crippen MR) is 105 cm³/mol. The summed E-state index contributed by atoms with van der Waals surface area (Å²) in [6.45, 7) is 8.66. The highest BCUT2D eigenvalue weighted by molar-refractivity contribution is 6.31. The van der Waals surface area contributed by atoms with Crippen molar-refractivity contribution in [3.8, 4) is 11.5 Å². The van der Waals surface area contributed by atoms with Gasteiger partial charge in [-0.25, -0.2) is 0 Å². The zero-order valence-electron chi connectivity index (χ0n) is 15.8. The van der Waals surface area contributed by atoms with Crippen LogP contribution >= 0.6 is 11.6 Å². The van der Waals surface area contributed by atoms with Crippen LogP contribution in [0.2, 0.25) is 5.02 Å². The number of amides is 1. The van der Waals surface area contributed by atoms with E-state index in [0.717, 1.165) is 22.4 Å². The first-order valence-corrected chi connectivity index (χ1v) is 9.19. The summed E-state index contributed by atoms with van der Waals surface area (Å²) in [7, 11) is 0. The number of carbonyl (C=O) groups is 1. The van der Waals surface area contributed by atoms with Crippen LogP contribution in [0.15, 0.2) is 36.4 Å². The van der Waals surface area contributed by atoms with Crippen molar-refractivity contribution in [1.29, 1.82) is 0 Å². The lowest BCUT2D eigenvalue weighted by Crippen LogP contribution is -2.39. The normalized spacial score (nSPS) is 11.7. The number of nitrogens with one attached hydrogen (secondary N) is 1. The summed E-state index contributed by atoms with van der Waals surface area (Å²) in [5.41, 5.74) is 3.20. The molecular formula is C21H26ClNO3. The third kappa shape index (κ3) is 5.40. The Morgan fingerprint density at radius 2 is 1.92 bits per heavy atom. The number of hydrogen-bond donors (Lipinski definition) is 1. The Kier molecular flexibility index (Phi) is 7.34. The molecule has 1 unspecified atom stereocenters. The fourth-order valence-electron chi connectivity index (χ4n) is 2.45. The number of rotatable bonds is 8. The van der Waals surface area contributed by atoms with Crippen LogP contribution in [0.1, 0.15) is 30.0 Å². The average molecular weight is 376 g/mol. The minimum absolute atomic E-state index is 0.140. The van der Waals surface area contributed by atoms with Crippen molar-refractivity contribution in [2.75, 3.05) is 13.2 Å². The second-order valence-corrected chi connectivity index (χ2v) is 6.67. The molecule has 0 bridgehead atoms. The minimum atomic E-state index is -0.524. The average Bonchev–Trinajstić information content (AvgIpc) is 2.62. The van der Waals surface area contributed by atoms with Crippen LogP contribution in [0.5, 0.6) is 11.5 Å². The van der Waals surface area contributed by atoms with Crippen molar-refractivity contribution in [3.63, 3.8) is 0 Å². The number of hydrogen-bond acceptors (Lipinski definition) is 3. The number of aryl methyl sites for hydroxylation is 2. The van der Waals surface area contributed by atoms with Crippen molar-refractivity contribution >= 4 is 17.5 Å². The van der Waals surface area contributed by atoms with E-state index in [2.05, 4.69) is 5.32 Å². The summed E-state index contributed by atoms with van der Waals surface area (Å²) in [5, 5.41) is 3.53. The quantitative estimate of drug-likeness (QED) is 0.685. The molecule has 2 aromatic rings. The second kappa shape index (κ2) is 9.48. The molecule has 0 aliphatic carbocycles. The molecule has 0 saturated carbocycles. The van der Waals surface area contributed by atoms with E-state index in [1.807, 2.05) is 58.0 Å². The molecule has 2 aromatic carbocycles. The SMILES string of the molecule is CCC(Oc1cccc(C)c1C)C(=O)NCCOc1ccc(C)c(Cl)c1. The van der Waals surface area contributed by atoms with Gasteiger partial charge >= 0.3 is 0 Å². The van der Waals surface area contributed by atoms with E-state index >= 15 is 0 Å². The molecule has 0 radical (unpaired) electrons. The third-order valence-corrected chi connectivity index (χ3v) is 4.71. The van der Waals surface area contributed by atoms with Gasteiger partial charge < -0.3 is 14.8 Å². The largest absolute Gasteiger partial charge is 0.492 e. The monoisotopic (exact) mass is 375 g/mol. The molecule has 0 aliphatic rings. The Bertz CT molecular complexity index is 761. The summed E-state index contributed by atoms with van der Waals surface area (Å²) in [4.78, 5) is 12.4. The number of ether oxygens (including phenoxy) is 2. The Labute approximate surface area is 160 Å². The molecule has 0 fully saturated rings. The molecule has 0 aromatic heterocycles. The van der Waals surface area contributed by atoms with Gasteiger partial charge in [0.2, 0.25) is 0 Å². The molecule has 1 atom stereocenters. The lowest BCUT2D eigenvalue weighted by molar-refractivity contribution is -0.128. The summed E-state index contributed by atoms with van der Waals surface area (Å²) in [6.07, 6.45) is 0.0671. The van der Waals surface area contributed by atoms with Gasteiger partial charge in [-0.05, 0) is 62.1 Å². The van der Waals surface area contributed by atoms with Crippen molar-refractivity contribution in [1.82, 2.24) is 5.32 Å². The van der Waals surface area contributed by atoms with Gasteiger partial charge in [0, 0.05) is 5.02 Å². The summed E-state index contributed by atoms with van der Waals surface area (Å²) in [5.74, 6) is 1.30. The van der Waals surface area contributed by atoms with Gasteiger partial charge in [-0.15, -0.1) is 0 Å². The molecule has 5 heteroatoms. The Hall–Kier alpha value is -2.20. The van der Waals surface area contributed by atoms with E-state index in [0.29, 0.717) is 30.3 Å². The van der Waals surface area contributed by atoms with Gasteiger partial charge in [0.05, 0.1) is 6.54 Å². The fourth-order valence-corrected chi connectivity index (χ4v) is 2.62. The standard InChI is InChI=1S/C21H26ClNO3/c1-5-19(26-20-8-6-7-14(2)16(20)4)21(24)23-11-12-25-17-10-9-15(3)18(22)13-17/h6-10,13,19H,5,11-12H2,1-4H3,(H,23,24). The van der Waals surface area contributed by atoms with E-state index in [1.54, 1.807) is 6.07 Å². The molecule has 4 nitrogen and oxygen atoms in total. The van der Waals surface area contributed by atoms with Crippen LogP contribution in [0.3, 0.4) is 0 Å². The van der Waals surface area contributed by atoms with Gasteiger partial charge in [-0.1, -0.05) is 36.7 Å². The van der Waals surface area contributed by atoms with E-state index in [1.165, 1.54) is 0 Å². The summed E-state index contributed by atoms with van der Waals surface area (Å²) in [6, 6.07) is 11.4. The molecule has 0 spiro atoms. The van der Waals surface area contributed by atoms with Gasteiger partial charge in [0.1, 0.15) is 18.1 Å². The van der Waals surface area contributed by atoms with Crippen LogP contribution < -0.4 is 14.8 Å². The minimum Gasteiger partial charge on any atom is -0.492 e. The first kappa shape index (κ1) is 20.1. The zero-order chi connectivity index (χ0) is 19.1. The molecule has 2 rings (SSSR count). The lowest BCUT2D eigenvalue weighted by Gasteiger charge is -2.19. The van der Waals surface area contributed by atoms with E-state index in [4.69, 9.17) is 21.1 Å².